The maximum Gasteiger partial charge on any atom is 0.251 e. The van der Waals surface area contributed by atoms with Crippen LogP contribution in [0.5, 0.6) is 5.75 Å². The Balaban J connectivity index is 1.45. The van der Waals surface area contributed by atoms with Crippen molar-refractivity contribution in [3.8, 4) is 16.9 Å². The van der Waals surface area contributed by atoms with Gasteiger partial charge in [0.25, 0.3) is 5.91 Å². The fourth-order valence-corrected chi connectivity index (χ4v) is 9.60. The van der Waals surface area contributed by atoms with Gasteiger partial charge in [-0.2, -0.15) is 5.06 Å². The number of aliphatic hydroxyl groups is 2. The molecule has 2 aromatic rings. The van der Waals surface area contributed by atoms with Gasteiger partial charge in [-0.15, -0.1) is 0 Å². The van der Waals surface area contributed by atoms with Crippen LogP contribution in [0, 0.1) is 34.5 Å². The molecule has 4 fully saturated rings. The van der Waals surface area contributed by atoms with Crippen LogP contribution in [0.4, 0.5) is 5.69 Å². The molecule has 2 bridgehead atoms. The molecule has 6 rings (SSSR count). The number of likely N-dealkylation sites (N-methyl/N-ethyl adjacent to an activating group) is 1. The van der Waals surface area contributed by atoms with Crippen LogP contribution in [-0.2, 0) is 16.2 Å². The molecule has 11 heteroatoms. The van der Waals surface area contributed by atoms with Crippen molar-refractivity contribution in [3.63, 3.8) is 0 Å². The Bertz CT molecular complexity index is 1640. The van der Waals surface area contributed by atoms with Crippen LogP contribution in [0.1, 0.15) is 83.7 Å². The Labute approximate surface area is 323 Å². The number of rotatable bonds is 14. The zero-order chi connectivity index (χ0) is 39.9. The van der Waals surface area contributed by atoms with Gasteiger partial charge >= 0.3 is 0 Å². The first-order valence-corrected chi connectivity index (χ1v) is 19.7. The molecule has 0 radical (unpaired) electrons. The molecule has 4 N–H and O–H groups in total. The molecule has 0 aromatic heterocycles. The van der Waals surface area contributed by atoms with Crippen LogP contribution >= 0.6 is 0 Å². The van der Waals surface area contributed by atoms with E-state index < -0.39 is 24.2 Å². The summed E-state index contributed by atoms with van der Waals surface area (Å²) in [6.45, 7) is 15.7. The van der Waals surface area contributed by atoms with Gasteiger partial charge in [-0.3, -0.25) is 14.4 Å². The molecule has 0 spiro atoms. The van der Waals surface area contributed by atoms with E-state index in [-0.39, 0.29) is 47.9 Å². The molecule has 300 valence electrons. The average molecular weight is 750 g/mol. The Hall–Kier alpha value is -3.22. The maximum absolute atomic E-state index is 14.3. The van der Waals surface area contributed by atoms with Crippen LogP contribution < -0.4 is 20.3 Å². The molecule has 2 amide bonds. The third-order valence-electron chi connectivity index (χ3n) is 12.5. The number of anilines is 1. The summed E-state index contributed by atoms with van der Waals surface area (Å²) in [5.74, 6) is 1.08. The Morgan fingerprint density at radius 1 is 1.11 bits per heavy atom. The number of carbonyl (C=O) groups is 2. The largest absolute Gasteiger partial charge is 0.496 e. The highest BCUT2D eigenvalue weighted by Crippen LogP contribution is 2.61. The highest BCUT2D eigenvalue weighted by molar-refractivity contribution is 5.97. The molecule has 4 aliphatic rings. The van der Waals surface area contributed by atoms with Gasteiger partial charge in [0.1, 0.15) is 17.9 Å². The third kappa shape index (κ3) is 8.91. The highest BCUT2D eigenvalue weighted by Gasteiger charge is 2.57. The number of hydrogen-bond donors (Lipinski definition) is 4. The number of nitrogens with zero attached hydrogens (tertiary/aromatic N) is 3. The fourth-order valence-electron chi connectivity index (χ4n) is 9.60. The van der Waals surface area contributed by atoms with Crippen molar-refractivity contribution in [2.24, 2.45) is 34.5 Å². The van der Waals surface area contributed by atoms with Gasteiger partial charge in [0, 0.05) is 61.0 Å². The summed E-state index contributed by atoms with van der Waals surface area (Å²) >= 11 is 0. The van der Waals surface area contributed by atoms with Gasteiger partial charge < -0.3 is 35.4 Å². The van der Waals surface area contributed by atoms with Gasteiger partial charge in [-0.25, -0.2) is 0 Å². The van der Waals surface area contributed by atoms with Crippen molar-refractivity contribution in [1.29, 1.82) is 0 Å². The Morgan fingerprint density at radius 2 is 1.81 bits per heavy atom. The monoisotopic (exact) mass is 750 g/mol. The van der Waals surface area contributed by atoms with Gasteiger partial charge in [-0.05, 0) is 92.6 Å². The van der Waals surface area contributed by atoms with E-state index in [9.17, 15) is 19.8 Å². The van der Waals surface area contributed by atoms with Crippen LogP contribution in [0.3, 0.4) is 0 Å². The van der Waals surface area contributed by atoms with Crippen molar-refractivity contribution in [1.82, 2.24) is 20.6 Å². The predicted octanol–water partition coefficient (Wildman–Crippen LogP) is 5.19. The first kappa shape index (κ1) is 41.9. The molecule has 3 saturated carbocycles. The molecule has 1 saturated heterocycles. The van der Waals surface area contributed by atoms with Gasteiger partial charge in [0.2, 0.25) is 5.91 Å². The second-order valence-electron chi connectivity index (χ2n) is 18.6. The van der Waals surface area contributed by atoms with E-state index in [2.05, 4.69) is 57.1 Å². The maximum atomic E-state index is 14.3. The average Bonchev–Trinajstić information content (AvgIpc) is 3.46. The van der Waals surface area contributed by atoms with E-state index in [4.69, 9.17) is 9.57 Å². The molecule has 2 aromatic carbocycles. The molecule has 1 heterocycles. The third-order valence-corrected chi connectivity index (χ3v) is 12.5. The van der Waals surface area contributed by atoms with Crippen molar-refractivity contribution < 1.29 is 29.4 Å². The van der Waals surface area contributed by atoms with Crippen molar-refractivity contribution in [2.45, 2.75) is 105 Å². The van der Waals surface area contributed by atoms with Crippen molar-refractivity contribution >= 4 is 17.5 Å². The first-order chi connectivity index (χ1) is 25.2. The molecular weight excluding hydrogens is 683 g/mol. The fraction of sp³-hybridized carbons (Fsp3) is 0.674. The summed E-state index contributed by atoms with van der Waals surface area (Å²) < 4.78 is 6.10. The van der Waals surface area contributed by atoms with Gasteiger partial charge in [0.15, 0.2) is 0 Å². The number of fused-ring (bicyclic) bond motifs is 2. The molecule has 3 aliphatic carbocycles. The number of hydroxylamine groups is 2. The molecule has 1 unspecified atom stereocenters. The summed E-state index contributed by atoms with van der Waals surface area (Å²) in [7, 11) is 9.55. The number of hydrogen-bond acceptors (Lipinski definition) is 9. The zero-order valence-electron chi connectivity index (χ0n) is 34.8. The molecular formula is C43H67N5O6. The minimum Gasteiger partial charge on any atom is -0.496 e. The lowest BCUT2D eigenvalue weighted by atomic mass is 9.45. The normalized spacial score (nSPS) is 27.6. The molecule has 54 heavy (non-hydrogen) atoms. The zero-order valence-corrected chi connectivity index (χ0v) is 34.8. The van der Waals surface area contributed by atoms with E-state index in [1.54, 1.807) is 19.1 Å². The number of para-hydroxylation sites is 1. The lowest BCUT2D eigenvalue weighted by molar-refractivity contribution is -0.183. The number of benzene rings is 2. The highest BCUT2D eigenvalue weighted by atomic mass is 16.7. The van der Waals surface area contributed by atoms with Crippen LogP contribution in [0.25, 0.3) is 11.1 Å². The van der Waals surface area contributed by atoms with Gasteiger partial charge in [-0.1, -0.05) is 59.7 Å². The SMILES string of the molecule is COc1c(CN2O[C@@H](CO)[C@@H]([C@H](C)O)[C@H]2C(=O)N[C@H]2C[C@H]3C[C@@H]([C@@H]2C)C3(C)C)cccc1-c1cc(C(=O)NC(CN(C)C)CC(C)(C)C)cc(N(C)C)c1. The van der Waals surface area contributed by atoms with E-state index in [0.29, 0.717) is 29.1 Å². The summed E-state index contributed by atoms with van der Waals surface area (Å²) in [5, 5.41) is 29.6. The molecule has 9 atom stereocenters. The summed E-state index contributed by atoms with van der Waals surface area (Å²) in [5.41, 5.74) is 4.10. The standard InChI is InChI=1S/C43H67N5O6/c1-25-34-19-30(43(34,6)7)20-35(25)45-41(52)38-37(26(2)50)36(24-49)54-48(38)22-27-14-13-15-33(39(27)53-12)28-16-29(18-32(17-28)47(10)11)40(51)44-31(23-46(8)9)21-42(3,4)5/h13-18,25-26,30-31,34-38,49-50H,19-24H2,1-12H3,(H,44,51)(H,45,52)/t25-,26-,30+,31?,34-,35-,36-,37+,38-/m0/s1. The molecule has 11 nitrogen and oxygen atoms in total. The topological polar surface area (TPSA) is 127 Å². The number of methoxy groups -OCH3 is 1. The van der Waals surface area contributed by atoms with E-state index >= 15 is 0 Å². The number of amides is 2. The minimum absolute atomic E-state index is 0.0329. The summed E-state index contributed by atoms with van der Waals surface area (Å²) in [6.07, 6.45) is 1.32. The molecule has 1 aliphatic heterocycles. The minimum atomic E-state index is -0.897. The van der Waals surface area contributed by atoms with Crippen molar-refractivity contribution in [3.05, 3.63) is 47.5 Å². The van der Waals surface area contributed by atoms with Crippen molar-refractivity contribution in [2.75, 3.05) is 53.4 Å². The summed E-state index contributed by atoms with van der Waals surface area (Å²) in [4.78, 5) is 38.6. The first-order valence-electron chi connectivity index (χ1n) is 19.7. The predicted molar refractivity (Wildman–Crippen MR) is 214 cm³/mol. The second kappa shape index (κ2) is 16.5. The smallest absolute Gasteiger partial charge is 0.251 e. The van der Waals surface area contributed by atoms with Gasteiger partial charge in [0.05, 0.1) is 26.4 Å². The van der Waals surface area contributed by atoms with E-state index in [0.717, 1.165) is 41.8 Å². The number of ether oxygens (including phenoxy) is 1. The number of nitrogens with one attached hydrogen (secondary N) is 2. The number of carbonyl (C=O) groups excluding carboxylic acids is 2. The lowest BCUT2D eigenvalue weighted by Crippen LogP contribution is -2.62. The van der Waals surface area contributed by atoms with Crippen LogP contribution in [0.2, 0.25) is 0 Å². The Kier molecular flexibility index (Phi) is 12.8. The summed E-state index contributed by atoms with van der Waals surface area (Å²) in [6, 6.07) is 10.9. The second-order valence-corrected chi connectivity index (χ2v) is 18.6. The lowest BCUT2D eigenvalue weighted by Gasteiger charge is -2.62. The quantitative estimate of drug-likeness (QED) is 0.207. The van der Waals surface area contributed by atoms with E-state index in [1.165, 1.54) is 6.42 Å². The number of aliphatic hydroxyl groups excluding tert-OH is 2. The van der Waals surface area contributed by atoms with E-state index in [1.807, 2.05) is 69.5 Å². The van der Waals surface area contributed by atoms with Crippen LogP contribution in [0.15, 0.2) is 36.4 Å². The Morgan fingerprint density at radius 3 is 2.37 bits per heavy atom. The van der Waals surface area contributed by atoms with Crippen LogP contribution in [-0.4, -0.2) is 111 Å².